The van der Waals surface area contributed by atoms with Crippen LogP contribution in [0.25, 0.3) is 0 Å². The number of pyridine rings is 1. The van der Waals surface area contributed by atoms with Gasteiger partial charge in [0, 0.05) is 17.1 Å². The van der Waals surface area contributed by atoms with Crippen LogP contribution in [0, 0.1) is 5.92 Å². The first-order valence-electron chi connectivity index (χ1n) is 9.29. The summed E-state index contributed by atoms with van der Waals surface area (Å²) in [6.07, 6.45) is 6.30. The lowest BCUT2D eigenvalue weighted by atomic mass is 10.1. The van der Waals surface area contributed by atoms with Crippen LogP contribution in [0.3, 0.4) is 0 Å². The van der Waals surface area contributed by atoms with Crippen molar-refractivity contribution in [3.8, 4) is 11.6 Å². The summed E-state index contributed by atoms with van der Waals surface area (Å²) in [5.41, 5.74) is 0.528. The monoisotopic (exact) mass is 446 g/mol. The number of benzene rings is 1. The van der Waals surface area contributed by atoms with E-state index in [2.05, 4.69) is 36.9 Å². The number of rotatable bonds is 7. The maximum atomic E-state index is 12.0. The maximum Gasteiger partial charge on any atom is 0.315 e. The number of aromatic nitrogens is 1. The first-order valence-corrected chi connectivity index (χ1v) is 10.1. The molecule has 0 bridgehead atoms. The molecule has 1 heterocycles. The number of nitrogens with zero attached hydrogens (tertiary/aromatic N) is 1. The molecule has 1 saturated carbocycles. The van der Waals surface area contributed by atoms with Crippen LogP contribution in [0.15, 0.2) is 47.1 Å². The largest absolute Gasteiger partial charge is 0.439 e. The minimum Gasteiger partial charge on any atom is -0.439 e. The van der Waals surface area contributed by atoms with Crippen LogP contribution < -0.4 is 20.7 Å². The number of carbonyl (C=O) groups is 2. The number of amides is 3. The Balaban J connectivity index is 1.39. The van der Waals surface area contributed by atoms with E-state index in [0.717, 1.165) is 17.3 Å². The summed E-state index contributed by atoms with van der Waals surface area (Å²) in [6, 6.07) is 10.5. The molecular formula is C20H23BrN4O3. The summed E-state index contributed by atoms with van der Waals surface area (Å²) in [6.45, 7) is 0.559. The van der Waals surface area contributed by atoms with E-state index in [1.165, 1.54) is 19.0 Å². The van der Waals surface area contributed by atoms with Gasteiger partial charge in [-0.25, -0.2) is 9.78 Å². The molecule has 3 rings (SSSR count). The smallest absolute Gasteiger partial charge is 0.315 e. The van der Waals surface area contributed by atoms with Crippen LogP contribution in [0.2, 0.25) is 0 Å². The average Bonchev–Trinajstić information content (AvgIpc) is 3.20. The van der Waals surface area contributed by atoms with Crippen molar-refractivity contribution in [3.63, 3.8) is 0 Å². The van der Waals surface area contributed by atoms with Crippen molar-refractivity contribution >= 4 is 33.6 Å². The van der Waals surface area contributed by atoms with Crippen molar-refractivity contribution in [2.75, 3.05) is 18.4 Å². The third-order valence-electron chi connectivity index (χ3n) is 4.47. The predicted molar refractivity (Wildman–Crippen MR) is 110 cm³/mol. The van der Waals surface area contributed by atoms with Crippen molar-refractivity contribution in [1.82, 2.24) is 15.6 Å². The van der Waals surface area contributed by atoms with E-state index in [1.807, 2.05) is 24.3 Å². The van der Waals surface area contributed by atoms with E-state index >= 15 is 0 Å². The lowest BCUT2D eigenvalue weighted by molar-refractivity contribution is -0.115. The Labute approximate surface area is 172 Å². The Bertz CT molecular complexity index is 807. The molecule has 1 fully saturated rings. The molecule has 148 valence electrons. The van der Waals surface area contributed by atoms with Gasteiger partial charge in [-0.05, 0) is 43.0 Å². The van der Waals surface area contributed by atoms with Gasteiger partial charge in [-0.2, -0.15) is 0 Å². The number of hydrogen-bond acceptors (Lipinski definition) is 4. The molecule has 3 N–H and O–H groups in total. The second-order valence-electron chi connectivity index (χ2n) is 6.71. The lowest BCUT2D eigenvalue weighted by Gasteiger charge is -2.12. The number of carbonyl (C=O) groups excluding carboxylic acids is 2. The van der Waals surface area contributed by atoms with Gasteiger partial charge in [0.2, 0.25) is 11.8 Å². The van der Waals surface area contributed by atoms with E-state index in [-0.39, 0.29) is 18.5 Å². The van der Waals surface area contributed by atoms with E-state index in [9.17, 15) is 9.59 Å². The SMILES string of the molecule is O=C(CNC(=O)NCC1CCCC1)Nc1ccc(Oc2cccc(Br)c2)nc1. The molecule has 28 heavy (non-hydrogen) atoms. The van der Waals surface area contributed by atoms with Gasteiger partial charge in [0.15, 0.2) is 0 Å². The van der Waals surface area contributed by atoms with Crippen LogP contribution >= 0.6 is 15.9 Å². The van der Waals surface area contributed by atoms with Crippen LogP contribution in [-0.2, 0) is 4.79 Å². The van der Waals surface area contributed by atoms with Crippen molar-refractivity contribution < 1.29 is 14.3 Å². The zero-order valence-electron chi connectivity index (χ0n) is 15.4. The summed E-state index contributed by atoms with van der Waals surface area (Å²) < 4.78 is 6.56. The summed E-state index contributed by atoms with van der Waals surface area (Å²) in [5, 5.41) is 8.07. The minimum atomic E-state index is -0.321. The zero-order chi connectivity index (χ0) is 19.8. The van der Waals surface area contributed by atoms with Gasteiger partial charge in [0.05, 0.1) is 18.4 Å². The summed E-state index contributed by atoms with van der Waals surface area (Å²) in [4.78, 5) is 27.9. The highest BCUT2D eigenvalue weighted by Crippen LogP contribution is 2.24. The van der Waals surface area contributed by atoms with Gasteiger partial charge in [0.1, 0.15) is 5.75 Å². The van der Waals surface area contributed by atoms with Crippen molar-refractivity contribution in [2.45, 2.75) is 25.7 Å². The molecule has 8 heteroatoms. The van der Waals surface area contributed by atoms with E-state index in [1.54, 1.807) is 12.1 Å². The van der Waals surface area contributed by atoms with E-state index in [0.29, 0.717) is 29.8 Å². The fourth-order valence-electron chi connectivity index (χ4n) is 3.05. The van der Waals surface area contributed by atoms with Gasteiger partial charge in [0.25, 0.3) is 0 Å². The highest BCUT2D eigenvalue weighted by Gasteiger charge is 2.15. The predicted octanol–water partition coefficient (Wildman–Crippen LogP) is 4.06. The summed E-state index contributed by atoms with van der Waals surface area (Å²) >= 11 is 3.38. The zero-order valence-corrected chi connectivity index (χ0v) is 17.0. The normalized spacial score (nSPS) is 13.8. The third kappa shape index (κ3) is 6.53. The van der Waals surface area contributed by atoms with Gasteiger partial charge < -0.3 is 20.7 Å². The number of urea groups is 1. The Hall–Kier alpha value is -2.61. The number of hydrogen-bond donors (Lipinski definition) is 3. The van der Waals surface area contributed by atoms with Gasteiger partial charge >= 0.3 is 6.03 Å². The van der Waals surface area contributed by atoms with Crippen molar-refractivity contribution in [2.24, 2.45) is 5.92 Å². The molecule has 3 amide bonds. The molecule has 0 aliphatic heterocycles. The van der Waals surface area contributed by atoms with Crippen molar-refractivity contribution in [3.05, 3.63) is 47.1 Å². The molecule has 7 nitrogen and oxygen atoms in total. The molecular weight excluding hydrogens is 424 g/mol. The highest BCUT2D eigenvalue weighted by molar-refractivity contribution is 9.10. The topological polar surface area (TPSA) is 92.4 Å². The molecule has 0 saturated heterocycles. The van der Waals surface area contributed by atoms with Crippen LogP contribution in [0.1, 0.15) is 25.7 Å². The summed E-state index contributed by atoms with van der Waals surface area (Å²) in [7, 11) is 0. The number of nitrogens with one attached hydrogen (secondary N) is 3. The van der Waals surface area contributed by atoms with E-state index < -0.39 is 0 Å². The second kappa shape index (κ2) is 10.1. The van der Waals surface area contributed by atoms with Crippen LogP contribution in [0.4, 0.5) is 10.5 Å². The number of anilines is 1. The second-order valence-corrected chi connectivity index (χ2v) is 7.62. The standard InChI is InChI=1S/C20H23BrN4O3/c21-15-6-3-7-17(10-15)28-19-9-8-16(12-22-19)25-18(26)13-24-20(27)23-11-14-4-1-2-5-14/h3,6-10,12,14H,1-2,4-5,11,13H2,(H,25,26)(H2,23,24,27). The molecule has 0 radical (unpaired) electrons. The number of ether oxygens (including phenoxy) is 1. The molecule has 2 aromatic rings. The van der Waals surface area contributed by atoms with E-state index in [4.69, 9.17) is 4.74 Å². The van der Waals surface area contributed by atoms with Crippen molar-refractivity contribution in [1.29, 1.82) is 0 Å². The average molecular weight is 447 g/mol. The Morgan fingerprint density at radius 2 is 1.96 bits per heavy atom. The molecule has 0 unspecified atom stereocenters. The molecule has 0 spiro atoms. The Kier molecular flexibility index (Phi) is 7.25. The Morgan fingerprint density at radius 3 is 2.68 bits per heavy atom. The molecule has 0 atom stereocenters. The molecule has 1 aliphatic carbocycles. The van der Waals surface area contributed by atoms with Gasteiger partial charge in [-0.1, -0.05) is 34.8 Å². The third-order valence-corrected chi connectivity index (χ3v) is 4.97. The number of halogens is 1. The fraction of sp³-hybridized carbons (Fsp3) is 0.350. The van der Waals surface area contributed by atoms with Gasteiger partial charge in [-0.3, -0.25) is 4.79 Å². The molecule has 1 aromatic heterocycles. The minimum absolute atomic E-state index is 0.104. The van der Waals surface area contributed by atoms with Crippen LogP contribution in [0.5, 0.6) is 11.6 Å². The molecule has 1 aliphatic rings. The lowest BCUT2D eigenvalue weighted by Crippen LogP contribution is -2.41. The van der Waals surface area contributed by atoms with Crippen LogP contribution in [-0.4, -0.2) is 30.0 Å². The Morgan fingerprint density at radius 1 is 1.14 bits per heavy atom. The maximum absolute atomic E-state index is 12.0. The fourth-order valence-corrected chi connectivity index (χ4v) is 3.42. The summed E-state index contributed by atoms with van der Waals surface area (Å²) in [5.74, 6) is 1.31. The first kappa shape index (κ1) is 20.1. The first-order chi connectivity index (χ1) is 13.6. The quantitative estimate of drug-likeness (QED) is 0.597. The highest BCUT2D eigenvalue weighted by atomic mass is 79.9. The molecule has 1 aromatic carbocycles. The van der Waals surface area contributed by atoms with Gasteiger partial charge in [-0.15, -0.1) is 0 Å².